The molecule has 4 nitrogen and oxygen atoms in total. The van der Waals surface area contributed by atoms with Crippen LogP contribution in [0.2, 0.25) is 0 Å². The third kappa shape index (κ3) is 3.04. The first-order chi connectivity index (χ1) is 10.6. The molecule has 0 unspecified atom stereocenters. The Hall–Kier alpha value is -2.54. The maximum Gasteiger partial charge on any atom is 0.255 e. The van der Waals surface area contributed by atoms with Gasteiger partial charge < -0.3 is 9.30 Å². The van der Waals surface area contributed by atoms with Crippen LogP contribution in [0.1, 0.15) is 24.5 Å². The summed E-state index contributed by atoms with van der Waals surface area (Å²) >= 11 is 0. The molecule has 0 N–H and O–H groups in total. The summed E-state index contributed by atoms with van der Waals surface area (Å²) in [5.41, 5.74) is 3.27. The number of nitrogens with zero attached hydrogens (tertiary/aromatic N) is 2. The third-order valence-electron chi connectivity index (χ3n) is 3.60. The number of pyridine rings is 1. The number of aryl methyl sites for hydroxylation is 1. The maximum atomic E-state index is 12.6. The minimum atomic E-state index is -0.0931. The van der Waals surface area contributed by atoms with Crippen LogP contribution in [-0.4, -0.2) is 11.7 Å². The smallest absolute Gasteiger partial charge is 0.255 e. The van der Waals surface area contributed by atoms with Crippen molar-refractivity contribution in [2.24, 2.45) is 0 Å². The summed E-state index contributed by atoms with van der Waals surface area (Å²) in [6.07, 6.45) is 0.977. The molecule has 0 fully saturated rings. The SMILES string of the molecule is CCCn1c(-c2cc(C)ccc2OC)ccc(CC#N)c1=O. The highest BCUT2D eigenvalue weighted by atomic mass is 16.5. The molecular weight excluding hydrogens is 276 g/mol. The largest absolute Gasteiger partial charge is 0.496 e. The average molecular weight is 296 g/mol. The Balaban J connectivity index is 2.70. The van der Waals surface area contributed by atoms with E-state index in [1.807, 2.05) is 44.2 Å². The van der Waals surface area contributed by atoms with Crippen molar-refractivity contribution in [3.63, 3.8) is 0 Å². The van der Waals surface area contributed by atoms with Crippen LogP contribution >= 0.6 is 0 Å². The molecule has 0 saturated heterocycles. The van der Waals surface area contributed by atoms with Gasteiger partial charge in [0.1, 0.15) is 5.75 Å². The van der Waals surface area contributed by atoms with Gasteiger partial charge in [-0.2, -0.15) is 5.26 Å². The quantitative estimate of drug-likeness (QED) is 0.850. The number of hydrogen-bond donors (Lipinski definition) is 0. The van der Waals surface area contributed by atoms with Gasteiger partial charge in [0.25, 0.3) is 5.56 Å². The Kier molecular flexibility index (Phi) is 5.00. The summed E-state index contributed by atoms with van der Waals surface area (Å²) in [7, 11) is 1.63. The molecule has 0 amide bonds. The summed E-state index contributed by atoms with van der Waals surface area (Å²) < 4.78 is 7.18. The topological polar surface area (TPSA) is 55.0 Å². The Bertz CT molecular complexity index is 770. The van der Waals surface area contributed by atoms with Gasteiger partial charge in [0.15, 0.2) is 0 Å². The molecule has 0 radical (unpaired) electrons. The zero-order valence-corrected chi connectivity index (χ0v) is 13.2. The van der Waals surface area contributed by atoms with Crippen molar-refractivity contribution in [1.29, 1.82) is 5.26 Å². The van der Waals surface area contributed by atoms with E-state index in [9.17, 15) is 4.79 Å². The van der Waals surface area contributed by atoms with E-state index in [1.54, 1.807) is 17.7 Å². The number of rotatable bonds is 5. The van der Waals surface area contributed by atoms with Crippen molar-refractivity contribution in [3.05, 3.63) is 51.8 Å². The van der Waals surface area contributed by atoms with Gasteiger partial charge in [-0.1, -0.05) is 24.6 Å². The molecule has 22 heavy (non-hydrogen) atoms. The first-order valence-corrected chi connectivity index (χ1v) is 7.37. The molecule has 1 heterocycles. The van der Waals surface area contributed by atoms with Crippen molar-refractivity contribution in [1.82, 2.24) is 4.57 Å². The van der Waals surface area contributed by atoms with Crippen LogP contribution in [0.5, 0.6) is 5.75 Å². The first kappa shape index (κ1) is 15.8. The molecule has 2 rings (SSSR count). The lowest BCUT2D eigenvalue weighted by atomic mass is 10.0. The average Bonchev–Trinajstić information content (AvgIpc) is 2.51. The van der Waals surface area contributed by atoms with Crippen molar-refractivity contribution >= 4 is 0 Å². The minimum Gasteiger partial charge on any atom is -0.496 e. The van der Waals surface area contributed by atoms with Gasteiger partial charge >= 0.3 is 0 Å². The zero-order chi connectivity index (χ0) is 16.1. The third-order valence-corrected chi connectivity index (χ3v) is 3.60. The summed E-state index contributed by atoms with van der Waals surface area (Å²) in [4.78, 5) is 12.6. The van der Waals surface area contributed by atoms with E-state index in [2.05, 4.69) is 0 Å². The van der Waals surface area contributed by atoms with E-state index >= 15 is 0 Å². The molecule has 0 atom stereocenters. The molecule has 1 aromatic carbocycles. The summed E-state index contributed by atoms with van der Waals surface area (Å²) in [5, 5.41) is 8.85. The Morgan fingerprint density at radius 2 is 2.05 bits per heavy atom. The molecule has 0 saturated carbocycles. The summed E-state index contributed by atoms with van der Waals surface area (Å²) in [6, 6.07) is 11.6. The summed E-state index contributed by atoms with van der Waals surface area (Å²) in [6.45, 7) is 4.65. The lowest BCUT2D eigenvalue weighted by Crippen LogP contribution is -2.25. The predicted octanol–water partition coefficient (Wildman–Crippen LogP) is 3.31. The van der Waals surface area contributed by atoms with Gasteiger partial charge in [-0.05, 0) is 31.5 Å². The Morgan fingerprint density at radius 3 is 2.68 bits per heavy atom. The second kappa shape index (κ2) is 6.95. The molecule has 0 aliphatic heterocycles. The second-order valence-electron chi connectivity index (χ2n) is 5.24. The van der Waals surface area contributed by atoms with Crippen LogP contribution in [0.25, 0.3) is 11.3 Å². The van der Waals surface area contributed by atoms with E-state index < -0.39 is 0 Å². The van der Waals surface area contributed by atoms with Crippen LogP contribution in [0.4, 0.5) is 0 Å². The van der Waals surface area contributed by atoms with Gasteiger partial charge in [-0.15, -0.1) is 0 Å². The van der Waals surface area contributed by atoms with Gasteiger partial charge in [0.05, 0.1) is 25.3 Å². The molecule has 114 valence electrons. The van der Waals surface area contributed by atoms with Crippen LogP contribution < -0.4 is 10.3 Å². The molecule has 0 spiro atoms. The lowest BCUT2D eigenvalue weighted by Gasteiger charge is -2.16. The zero-order valence-electron chi connectivity index (χ0n) is 13.2. The minimum absolute atomic E-state index is 0.0931. The maximum absolute atomic E-state index is 12.6. The predicted molar refractivity (Wildman–Crippen MR) is 87.0 cm³/mol. The van der Waals surface area contributed by atoms with E-state index in [0.29, 0.717) is 12.1 Å². The number of ether oxygens (including phenoxy) is 1. The fraction of sp³-hybridized carbons (Fsp3) is 0.333. The van der Waals surface area contributed by atoms with Crippen molar-refractivity contribution in [2.45, 2.75) is 33.2 Å². The van der Waals surface area contributed by atoms with Gasteiger partial charge in [-0.3, -0.25) is 4.79 Å². The molecule has 0 aliphatic carbocycles. The molecular formula is C18H20N2O2. The molecule has 0 bridgehead atoms. The number of methoxy groups -OCH3 is 1. The van der Waals surface area contributed by atoms with Crippen LogP contribution in [0.3, 0.4) is 0 Å². The highest BCUT2D eigenvalue weighted by Gasteiger charge is 2.13. The van der Waals surface area contributed by atoms with Gasteiger partial charge in [0.2, 0.25) is 0 Å². The standard InChI is InChI=1S/C18H20N2O2/c1-4-11-20-16(7-6-14(9-10-19)18(20)21)15-12-13(2)5-8-17(15)22-3/h5-8,12H,4,9,11H2,1-3H3. The van der Waals surface area contributed by atoms with E-state index in [4.69, 9.17) is 10.00 Å². The number of hydrogen-bond acceptors (Lipinski definition) is 3. The number of benzene rings is 1. The number of aromatic nitrogens is 1. The van der Waals surface area contributed by atoms with Crippen molar-refractivity contribution < 1.29 is 4.74 Å². The van der Waals surface area contributed by atoms with Gasteiger partial charge in [-0.25, -0.2) is 0 Å². The Labute approximate surface area is 130 Å². The Morgan fingerprint density at radius 1 is 1.27 bits per heavy atom. The lowest BCUT2D eigenvalue weighted by molar-refractivity contribution is 0.416. The highest BCUT2D eigenvalue weighted by Crippen LogP contribution is 2.30. The van der Waals surface area contributed by atoms with E-state index in [1.165, 1.54) is 0 Å². The molecule has 2 aromatic rings. The fourth-order valence-electron chi connectivity index (χ4n) is 2.55. The second-order valence-corrected chi connectivity index (χ2v) is 5.24. The van der Waals surface area contributed by atoms with Crippen LogP contribution in [-0.2, 0) is 13.0 Å². The molecule has 4 heteroatoms. The van der Waals surface area contributed by atoms with Gasteiger partial charge in [0, 0.05) is 17.7 Å². The van der Waals surface area contributed by atoms with Crippen LogP contribution in [0.15, 0.2) is 35.1 Å². The van der Waals surface area contributed by atoms with E-state index in [-0.39, 0.29) is 12.0 Å². The van der Waals surface area contributed by atoms with Crippen molar-refractivity contribution in [2.75, 3.05) is 7.11 Å². The highest BCUT2D eigenvalue weighted by molar-refractivity contribution is 5.68. The fourth-order valence-corrected chi connectivity index (χ4v) is 2.55. The first-order valence-electron chi connectivity index (χ1n) is 7.37. The van der Waals surface area contributed by atoms with E-state index in [0.717, 1.165) is 29.0 Å². The number of nitriles is 1. The summed E-state index contributed by atoms with van der Waals surface area (Å²) in [5.74, 6) is 0.739. The molecule has 0 aliphatic rings. The molecule has 1 aromatic heterocycles. The van der Waals surface area contributed by atoms with Crippen molar-refractivity contribution in [3.8, 4) is 23.1 Å². The monoisotopic (exact) mass is 296 g/mol. The van der Waals surface area contributed by atoms with Crippen LogP contribution in [0, 0.1) is 18.3 Å². The normalized spacial score (nSPS) is 10.3.